The first-order valence-corrected chi connectivity index (χ1v) is 5.91. The van der Waals surface area contributed by atoms with Gasteiger partial charge in [0.05, 0.1) is 6.61 Å². The molecule has 0 bridgehead atoms. The summed E-state index contributed by atoms with van der Waals surface area (Å²) >= 11 is 0. The second kappa shape index (κ2) is 3.75. The molecular formula is C13H17NO2. The summed E-state index contributed by atoms with van der Waals surface area (Å²) in [5.74, 6) is 1.03. The highest BCUT2D eigenvalue weighted by atomic mass is 16.5. The topological polar surface area (TPSA) is 44.5 Å². The third-order valence-electron chi connectivity index (χ3n) is 3.65. The maximum atomic E-state index is 6.45. The van der Waals surface area contributed by atoms with Gasteiger partial charge in [-0.3, -0.25) is 0 Å². The van der Waals surface area contributed by atoms with Crippen molar-refractivity contribution in [2.45, 2.75) is 24.8 Å². The summed E-state index contributed by atoms with van der Waals surface area (Å²) in [5.41, 5.74) is 8.79. The first-order valence-electron chi connectivity index (χ1n) is 5.91. The molecule has 1 fully saturated rings. The summed E-state index contributed by atoms with van der Waals surface area (Å²) in [6.45, 7) is 2.34. The van der Waals surface area contributed by atoms with E-state index in [1.807, 2.05) is 0 Å². The third-order valence-corrected chi connectivity index (χ3v) is 3.65. The van der Waals surface area contributed by atoms with Crippen LogP contribution in [0.3, 0.4) is 0 Å². The molecule has 0 aliphatic carbocycles. The van der Waals surface area contributed by atoms with Gasteiger partial charge in [0, 0.05) is 25.2 Å². The van der Waals surface area contributed by atoms with Gasteiger partial charge in [0.25, 0.3) is 0 Å². The zero-order chi connectivity index (χ0) is 11.0. The van der Waals surface area contributed by atoms with Crippen molar-refractivity contribution in [1.29, 1.82) is 0 Å². The number of nitrogens with two attached hydrogens (primary N) is 1. The van der Waals surface area contributed by atoms with Gasteiger partial charge in [-0.1, -0.05) is 12.1 Å². The molecule has 2 N–H and O–H groups in total. The Hall–Kier alpha value is -1.06. The first-order chi connectivity index (χ1) is 7.78. The number of benzene rings is 1. The van der Waals surface area contributed by atoms with Crippen molar-refractivity contribution in [1.82, 2.24) is 0 Å². The van der Waals surface area contributed by atoms with Gasteiger partial charge in [-0.15, -0.1) is 0 Å². The summed E-state index contributed by atoms with van der Waals surface area (Å²) in [4.78, 5) is 0. The average Bonchev–Trinajstić information content (AvgIpc) is 2.77. The number of hydrogen-bond donors (Lipinski definition) is 1. The van der Waals surface area contributed by atoms with Gasteiger partial charge in [0.1, 0.15) is 5.75 Å². The molecule has 2 aliphatic rings. The molecule has 3 heteroatoms. The molecule has 16 heavy (non-hydrogen) atoms. The molecule has 0 saturated carbocycles. The maximum absolute atomic E-state index is 6.45. The molecule has 2 aliphatic heterocycles. The molecule has 0 amide bonds. The van der Waals surface area contributed by atoms with Gasteiger partial charge in [-0.25, -0.2) is 0 Å². The van der Waals surface area contributed by atoms with E-state index in [-0.39, 0.29) is 5.54 Å². The van der Waals surface area contributed by atoms with Crippen molar-refractivity contribution >= 4 is 0 Å². The monoisotopic (exact) mass is 219 g/mol. The molecule has 86 valence electrons. The Morgan fingerprint density at radius 3 is 2.75 bits per heavy atom. The Balaban J connectivity index is 1.93. The van der Waals surface area contributed by atoms with Gasteiger partial charge in [0.15, 0.2) is 0 Å². The molecule has 1 aromatic carbocycles. The molecule has 0 radical (unpaired) electrons. The molecular weight excluding hydrogens is 202 g/mol. The van der Waals surface area contributed by atoms with Crippen LogP contribution in [0, 0.1) is 0 Å². The van der Waals surface area contributed by atoms with Gasteiger partial charge in [-0.05, 0) is 30.0 Å². The lowest BCUT2D eigenvalue weighted by Crippen LogP contribution is -2.42. The Bertz CT molecular complexity index is 397. The molecule has 0 aromatic heterocycles. The normalized spacial score (nSPS) is 22.6. The second-order valence-electron chi connectivity index (χ2n) is 4.69. The fourth-order valence-electron chi connectivity index (χ4n) is 2.52. The first kappa shape index (κ1) is 10.1. The maximum Gasteiger partial charge on any atom is 0.122 e. The number of ether oxygens (including phenoxy) is 2. The van der Waals surface area contributed by atoms with E-state index < -0.39 is 0 Å². The molecule has 0 spiro atoms. The predicted molar refractivity (Wildman–Crippen MR) is 61.6 cm³/mol. The van der Waals surface area contributed by atoms with E-state index in [9.17, 15) is 0 Å². The van der Waals surface area contributed by atoms with Crippen molar-refractivity contribution in [2.24, 2.45) is 5.73 Å². The minimum Gasteiger partial charge on any atom is -0.493 e. The number of rotatable bonds is 1. The average molecular weight is 219 g/mol. The lowest BCUT2D eigenvalue weighted by Gasteiger charge is -2.34. The molecule has 3 nitrogen and oxygen atoms in total. The summed E-state index contributed by atoms with van der Waals surface area (Å²) in [6, 6.07) is 6.38. The minimum atomic E-state index is -0.199. The smallest absolute Gasteiger partial charge is 0.122 e. The van der Waals surface area contributed by atoms with Crippen LogP contribution in [-0.4, -0.2) is 19.8 Å². The van der Waals surface area contributed by atoms with E-state index in [4.69, 9.17) is 15.2 Å². The van der Waals surface area contributed by atoms with E-state index in [2.05, 4.69) is 18.2 Å². The van der Waals surface area contributed by atoms with Crippen LogP contribution in [0.15, 0.2) is 18.2 Å². The van der Waals surface area contributed by atoms with Crippen molar-refractivity contribution in [3.05, 3.63) is 29.3 Å². The zero-order valence-corrected chi connectivity index (χ0v) is 9.37. The van der Waals surface area contributed by atoms with Gasteiger partial charge >= 0.3 is 0 Å². The van der Waals surface area contributed by atoms with Crippen LogP contribution in [0.25, 0.3) is 0 Å². The Morgan fingerprint density at radius 1 is 1.12 bits per heavy atom. The quantitative estimate of drug-likeness (QED) is 0.780. The van der Waals surface area contributed by atoms with Crippen molar-refractivity contribution in [2.75, 3.05) is 19.8 Å². The van der Waals surface area contributed by atoms with Crippen LogP contribution in [0.4, 0.5) is 0 Å². The van der Waals surface area contributed by atoms with E-state index in [0.717, 1.165) is 44.8 Å². The van der Waals surface area contributed by atoms with Crippen LogP contribution >= 0.6 is 0 Å². The summed E-state index contributed by atoms with van der Waals surface area (Å²) in [5, 5.41) is 0. The van der Waals surface area contributed by atoms with Crippen LogP contribution < -0.4 is 10.5 Å². The lowest BCUT2D eigenvalue weighted by atomic mass is 9.83. The van der Waals surface area contributed by atoms with Gasteiger partial charge < -0.3 is 15.2 Å². The highest BCUT2D eigenvalue weighted by Gasteiger charge is 2.30. The molecule has 0 unspecified atom stereocenters. The Kier molecular flexibility index (Phi) is 2.37. The van der Waals surface area contributed by atoms with E-state index in [0.29, 0.717) is 0 Å². The van der Waals surface area contributed by atoms with Crippen molar-refractivity contribution in [3.8, 4) is 5.75 Å². The fraction of sp³-hybridized carbons (Fsp3) is 0.538. The number of hydrogen-bond acceptors (Lipinski definition) is 3. The summed E-state index contributed by atoms with van der Waals surface area (Å²) in [6.07, 6.45) is 2.83. The summed E-state index contributed by atoms with van der Waals surface area (Å²) < 4.78 is 10.9. The molecule has 2 heterocycles. The van der Waals surface area contributed by atoms with Gasteiger partial charge in [0.2, 0.25) is 0 Å². The molecule has 0 atom stereocenters. The van der Waals surface area contributed by atoms with E-state index >= 15 is 0 Å². The second-order valence-corrected chi connectivity index (χ2v) is 4.69. The van der Waals surface area contributed by atoms with Crippen molar-refractivity contribution < 1.29 is 9.47 Å². The zero-order valence-electron chi connectivity index (χ0n) is 9.37. The third kappa shape index (κ3) is 1.60. The Labute approximate surface area is 95.5 Å². The Morgan fingerprint density at radius 2 is 1.94 bits per heavy atom. The minimum absolute atomic E-state index is 0.199. The highest BCUT2D eigenvalue weighted by molar-refractivity contribution is 5.42. The van der Waals surface area contributed by atoms with Crippen LogP contribution in [-0.2, 0) is 16.7 Å². The molecule has 1 aromatic rings. The lowest BCUT2D eigenvalue weighted by molar-refractivity contribution is 0.0522. The standard InChI is InChI=1S/C13H17NO2/c14-13(4-7-15-8-5-13)11-1-2-12-10(9-11)3-6-16-12/h1-2,9H,3-8,14H2. The van der Waals surface area contributed by atoms with Crippen LogP contribution in [0.5, 0.6) is 5.75 Å². The van der Waals surface area contributed by atoms with E-state index in [1.54, 1.807) is 0 Å². The van der Waals surface area contributed by atoms with Crippen molar-refractivity contribution in [3.63, 3.8) is 0 Å². The molecule has 3 rings (SSSR count). The van der Waals surface area contributed by atoms with E-state index in [1.165, 1.54) is 11.1 Å². The van der Waals surface area contributed by atoms with Crippen LogP contribution in [0.1, 0.15) is 24.0 Å². The SMILES string of the molecule is NC1(c2ccc3c(c2)CCO3)CCOCC1. The van der Waals surface area contributed by atoms with Gasteiger partial charge in [-0.2, -0.15) is 0 Å². The summed E-state index contributed by atoms with van der Waals surface area (Å²) in [7, 11) is 0. The van der Waals surface area contributed by atoms with Crippen LogP contribution in [0.2, 0.25) is 0 Å². The predicted octanol–water partition coefficient (Wildman–Crippen LogP) is 1.59. The molecule has 1 saturated heterocycles. The largest absolute Gasteiger partial charge is 0.493 e. The number of fused-ring (bicyclic) bond motifs is 1. The highest BCUT2D eigenvalue weighted by Crippen LogP contribution is 2.34. The fourth-order valence-corrected chi connectivity index (χ4v) is 2.52.